The summed E-state index contributed by atoms with van der Waals surface area (Å²) in [6, 6.07) is 11.3. The van der Waals surface area contributed by atoms with E-state index in [1.54, 1.807) is 0 Å². The fraction of sp³-hybridized carbons (Fsp3) is 0.391. The summed E-state index contributed by atoms with van der Waals surface area (Å²) in [7, 11) is 0. The predicted octanol–water partition coefficient (Wildman–Crippen LogP) is 3.98. The number of nitrogens with one attached hydrogen (secondary N) is 2. The molecule has 0 unspecified atom stereocenters. The SMILES string of the molecule is O=C(COc1ccc(Cl)c(F)c1)N[C@@H]1CC[C@@H](C(=O)NC2(c3ccc(Cl)cc3)CC2)OC1. The lowest BCUT2D eigenvalue weighted by molar-refractivity contribution is -0.138. The maximum Gasteiger partial charge on any atom is 0.258 e. The van der Waals surface area contributed by atoms with Crippen LogP contribution in [0.15, 0.2) is 42.5 Å². The van der Waals surface area contributed by atoms with Gasteiger partial charge in [0.1, 0.15) is 17.7 Å². The van der Waals surface area contributed by atoms with E-state index in [1.165, 1.54) is 12.1 Å². The Morgan fingerprint density at radius 3 is 2.50 bits per heavy atom. The van der Waals surface area contributed by atoms with Crippen molar-refractivity contribution in [1.29, 1.82) is 0 Å². The summed E-state index contributed by atoms with van der Waals surface area (Å²) in [6.45, 7) is -0.0293. The van der Waals surface area contributed by atoms with Crippen LogP contribution < -0.4 is 15.4 Å². The topological polar surface area (TPSA) is 76.7 Å². The molecule has 2 aliphatic rings. The first kappa shape index (κ1) is 22.8. The van der Waals surface area contributed by atoms with Crippen LogP contribution in [-0.2, 0) is 19.9 Å². The van der Waals surface area contributed by atoms with Crippen LogP contribution in [0.25, 0.3) is 0 Å². The van der Waals surface area contributed by atoms with Gasteiger partial charge in [-0.1, -0.05) is 35.3 Å². The zero-order valence-corrected chi connectivity index (χ0v) is 18.7. The molecule has 1 heterocycles. The normalized spacial score (nSPS) is 21.5. The number of carbonyl (C=O) groups is 2. The van der Waals surface area contributed by atoms with E-state index in [4.69, 9.17) is 32.7 Å². The van der Waals surface area contributed by atoms with Gasteiger partial charge in [0, 0.05) is 11.1 Å². The van der Waals surface area contributed by atoms with Gasteiger partial charge in [0.25, 0.3) is 5.91 Å². The summed E-state index contributed by atoms with van der Waals surface area (Å²) in [4.78, 5) is 24.9. The highest BCUT2D eigenvalue weighted by atomic mass is 35.5. The van der Waals surface area contributed by atoms with Crippen molar-refractivity contribution in [3.8, 4) is 5.75 Å². The molecular formula is C23H23Cl2FN2O4. The number of hydrogen-bond acceptors (Lipinski definition) is 4. The van der Waals surface area contributed by atoms with Crippen molar-refractivity contribution in [1.82, 2.24) is 10.6 Å². The smallest absolute Gasteiger partial charge is 0.258 e. The second-order valence-corrected chi connectivity index (χ2v) is 8.95. The van der Waals surface area contributed by atoms with Crippen molar-refractivity contribution in [2.75, 3.05) is 13.2 Å². The Labute approximate surface area is 195 Å². The molecule has 2 aromatic carbocycles. The molecule has 1 saturated carbocycles. The molecule has 2 aromatic rings. The lowest BCUT2D eigenvalue weighted by Gasteiger charge is -2.30. The molecule has 2 N–H and O–H groups in total. The van der Waals surface area contributed by atoms with Gasteiger partial charge in [0.05, 0.1) is 23.2 Å². The Morgan fingerprint density at radius 2 is 1.88 bits per heavy atom. The molecule has 1 aliphatic heterocycles. The van der Waals surface area contributed by atoms with Crippen LogP contribution in [0.1, 0.15) is 31.2 Å². The van der Waals surface area contributed by atoms with Crippen molar-refractivity contribution in [2.45, 2.75) is 43.4 Å². The first-order valence-corrected chi connectivity index (χ1v) is 11.2. The largest absolute Gasteiger partial charge is 0.484 e. The van der Waals surface area contributed by atoms with E-state index in [9.17, 15) is 14.0 Å². The fourth-order valence-corrected chi connectivity index (χ4v) is 4.00. The van der Waals surface area contributed by atoms with E-state index in [2.05, 4.69) is 10.6 Å². The van der Waals surface area contributed by atoms with Gasteiger partial charge in [0.15, 0.2) is 6.61 Å². The minimum absolute atomic E-state index is 0.0134. The Bertz CT molecular complexity index is 990. The quantitative estimate of drug-likeness (QED) is 0.628. The third-order valence-corrected chi connectivity index (χ3v) is 6.26. The highest BCUT2D eigenvalue weighted by Gasteiger charge is 2.46. The lowest BCUT2D eigenvalue weighted by atomic mass is 10.0. The van der Waals surface area contributed by atoms with Crippen molar-refractivity contribution >= 4 is 35.0 Å². The first-order valence-electron chi connectivity index (χ1n) is 10.4. The summed E-state index contributed by atoms with van der Waals surface area (Å²) in [6.07, 6.45) is 2.30. The molecule has 1 saturated heterocycles. The molecule has 0 radical (unpaired) electrons. The zero-order chi connectivity index (χ0) is 22.7. The van der Waals surface area contributed by atoms with Crippen molar-refractivity contribution in [2.24, 2.45) is 0 Å². The number of ether oxygens (including phenoxy) is 2. The minimum Gasteiger partial charge on any atom is -0.484 e. The molecule has 2 amide bonds. The van der Waals surface area contributed by atoms with Crippen LogP contribution in [0, 0.1) is 5.82 Å². The van der Waals surface area contributed by atoms with Gasteiger partial charge in [-0.3, -0.25) is 9.59 Å². The summed E-state index contributed by atoms with van der Waals surface area (Å²) in [5.74, 6) is -0.890. The van der Waals surface area contributed by atoms with Crippen LogP contribution in [0.4, 0.5) is 4.39 Å². The predicted molar refractivity (Wildman–Crippen MR) is 118 cm³/mol. The zero-order valence-electron chi connectivity index (χ0n) is 17.2. The highest BCUT2D eigenvalue weighted by molar-refractivity contribution is 6.30. The third kappa shape index (κ3) is 5.52. The lowest BCUT2D eigenvalue weighted by Crippen LogP contribution is -2.49. The number of rotatable bonds is 7. The van der Waals surface area contributed by atoms with Gasteiger partial charge in [-0.25, -0.2) is 4.39 Å². The van der Waals surface area contributed by atoms with Gasteiger partial charge >= 0.3 is 0 Å². The van der Waals surface area contributed by atoms with Crippen LogP contribution in [0.5, 0.6) is 5.75 Å². The number of amides is 2. The van der Waals surface area contributed by atoms with E-state index in [0.29, 0.717) is 17.9 Å². The molecule has 2 fully saturated rings. The minimum atomic E-state index is -0.612. The van der Waals surface area contributed by atoms with Crippen LogP contribution in [0.2, 0.25) is 10.0 Å². The van der Waals surface area contributed by atoms with E-state index in [-0.39, 0.29) is 47.4 Å². The standard InChI is InChI=1S/C23H23Cl2FN2O4/c24-15-3-1-14(2-4-15)23(9-10-23)28-22(30)20-8-5-16(12-32-20)27-21(29)13-31-17-6-7-18(25)19(26)11-17/h1-4,6-7,11,16,20H,5,8-10,12-13H2,(H,27,29)(H,28,30)/t16-,20+/m1/s1. The Hall–Kier alpha value is -2.35. The highest BCUT2D eigenvalue weighted by Crippen LogP contribution is 2.45. The monoisotopic (exact) mass is 480 g/mol. The average Bonchev–Trinajstić information content (AvgIpc) is 3.56. The molecular weight excluding hydrogens is 458 g/mol. The maximum atomic E-state index is 13.4. The second kappa shape index (κ2) is 9.65. The van der Waals surface area contributed by atoms with Crippen molar-refractivity contribution in [3.63, 3.8) is 0 Å². The van der Waals surface area contributed by atoms with Gasteiger partial charge in [-0.2, -0.15) is 0 Å². The molecule has 32 heavy (non-hydrogen) atoms. The molecule has 9 heteroatoms. The Morgan fingerprint density at radius 1 is 1.12 bits per heavy atom. The molecule has 6 nitrogen and oxygen atoms in total. The van der Waals surface area contributed by atoms with Crippen molar-refractivity contribution in [3.05, 3.63) is 63.9 Å². The molecule has 4 rings (SSSR count). The Balaban J connectivity index is 1.21. The molecule has 2 atom stereocenters. The van der Waals surface area contributed by atoms with Crippen LogP contribution in [-0.4, -0.2) is 37.2 Å². The van der Waals surface area contributed by atoms with Gasteiger partial charge in [-0.15, -0.1) is 0 Å². The summed E-state index contributed by atoms with van der Waals surface area (Å²) in [5.41, 5.74) is 0.700. The fourth-order valence-electron chi connectivity index (χ4n) is 3.75. The molecule has 0 aromatic heterocycles. The number of carbonyl (C=O) groups excluding carboxylic acids is 2. The number of halogens is 3. The van der Waals surface area contributed by atoms with Crippen LogP contribution >= 0.6 is 23.2 Å². The van der Waals surface area contributed by atoms with Gasteiger partial charge in [0.2, 0.25) is 5.91 Å². The summed E-state index contributed by atoms with van der Waals surface area (Å²) >= 11 is 11.6. The summed E-state index contributed by atoms with van der Waals surface area (Å²) < 4.78 is 24.4. The van der Waals surface area contributed by atoms with E-state index in [0.717, 1.165) is 24.5 Å². The summed E-state index contributed by atoms with van der Waals surface area (Å²) in [5, 5.41) is 6.58. The number of hydrogen-bond donors (Lipinski definition) is 2. The third-order valence-electron chi connectivity index (χ3n) is 5.70. The van der Waals surface area contributed by atoms with Gasteiger partial charge in [-0.05, 0) is 55.5 Å². The van der Waals surface area contributed by atoms with E-state index < -0.39 is 11.9 Å². The Kier molecular flexibility index (Phi) is 6.88. The van der Waals surface area contributed by atoms with Gasteiger partial charge < -0.3 is 20.1 Å². The van der Waals surface area contributed by atoms with E-state index >= 15 is 0 Å². The molecule has 0 spiro atoms. The molecule has 170 valence electrons. The van der Waals surface area contributed by atoms with Crippen LogP contribution in [0.3, 0.4) is 0 Å². The molecule has 1 aliphatic carbocycles. The second-order valence-electron chi connectivity index (χ2n) is 8.11. The molecule has 0 bridgehead atoms. The van der Waals surface area contributed by atoms with E-state index in [1.807, 2.05) is 24.3 Å². The maximum absolute atomic E-state index is 13.4. The first-order chi connectivity index (χ1) is 15.3. The number of benzene rings is 2. The van der Waals surface area contributed by atoms with Crippen molar-refractivity contribution < 1.29 is 23.5 Å². The average molecular weight is 481 g/mol.